The van der Waals surface area contributed by atoms with Crippen LogP contribution in [-0.4, -0.2) is 13.1 Å². The summed E-state index contributed by atoms with van der Waals surface area (Å²) in [4.78, 5) is 3.08. The summed E-state index contributed by atoms with van der Waals surface area (Å²) in [5.74, 6) is 37.6. The third-order valence-electron chi connectivity index (χ3n) is 28.3. The summed E-state index contributed by atoms with van der Waals surface area (Å²) < 4.78 is 0. The number of hydrogen-bond donors (Lipinski definition) is 0. The molecule has 20 rings (SSSR count). The topological polar surface area (TPSA) is 3.24 Å². The minimum atomic E-state index is 0.0988. The van der Waals surface area contributed by atoms with E-state index in [1.54, 1.807) is 68.2 Å². The monoisotopic (exact) mass is 764 g/mol. The lowest BCUT2D eigenvalue weighted by atomic mass is 9.42. The molecule has 0 N–H and O–H groups in total. The first kappa shape index (κ1) is 30.3. The smallest absolute Gasteiger partial charge is 0.0369 e. The molecule has 30 atom stereocenters. The van der Waals surface area contributed by atoms with Gasteiger partial charge in [-0.2, -0.15) is 0 Å². The molecular formula is C57H65N. The van der Waals surface area contributed by atoms with Crippen molar-refractivity contribution in [2.45, 2.75) is 70.6 Å². The van der Waals surface area contributed by atoms with Crippen molar-refractivity contribution in [1.29, 1.82) is 0 Å². The van der Waals surface area contributed by atoms with Crippen LogP contribution in [0.15, 0.2) is 42.5 Å². The molecule has 0 spiro atoms. The Labute approximate surface area is 347 Å². The van der Waals surface area contributed by atoms with E-state index in [9.17, 15) is 0 Å². The first-order chi connectivity index (χ1) is 28.6. The van der Waals surface area contributed by atoms with Gasteiger partial charge in [0.15, 0.2) is 0 Å². The van der Waals surface area contributed by atoms with Crippen LogP contribution in [0, 0.1) is 189 Å². The van der Waals surface area contributed by atoms with Crippen molar-refractivity contribution in [3.05, 3.63) is 53.6 Å². The molecule has 1 heterocycles. The highest BCUT2D eigenvalue weighted by molar-refractivity contribution is 5.82. The zero-order chi connectivity index (χ0) is 36.5. The molecule has 17 aliphatic carbocycles. The fourth-order valence-electron chi connectivity index (χ4n) is 29.4. The van der Waals surface area contributed by atoms with Crippen LogP contribution < -0.4 is 4.90 Å². The van der Waals surface area contributed by atoms with E-state index >= 15 is 0 Å². The molecule has 58 heavy (non-hydrogen) atoms. The Morgan fingerprint density at radius 2 is 0.690 bits per heavy atom. The van der Waals surface area contributed by atoms with Gasteiger partial charge >= 0.3 is 0 Å². The van der Waals surface area contributed by atoms with Crippen molar-refractivity contribution in [1.82, 2.24) is 0 Å². The predicted octanol–water partition coefficient (Wildman–Crippen LogP) is 10.9. The number of benzene rings is 2. The third-order valence-corrected chi connectivity index (χ3v) is 28.3. The van der Waals surface area contributed by atoms with Crippen LogP contribution >= 0.6 is 0 Å². The summed E-state index contributed by atoms with van der Waals surface area (Å²) in [6.07, 6.45) is 13.5. The van der Waals surface area contributed by atoms with Gasteiger partial charge in [0, 0.05) is 24.2 Å². The number of anilines is 1. The summed E-state index contributed by atoms with van der Waals surface area (Å²) >= 11 is 0. The van der Waals surface area contributed by atoms with Crippen LogP contribution in [-0.2, 0) is 5.41 Å². The summed E-state index contributed by atoms with van der Waals surface area (Å²) in [5.41, 5.74) is 7.89. The summed E-state index contributed by atoms with van der Waals surface area (Å²) in [5, 5.41) is 0. The summed E-state index contributed by atoms with van der Waals surface area (Å²) in [7, 11) is 0. The van der Waals surface area contributed by atoms with Crippen molar-refractivity contribution in [2.24, 2.45) is 189 Å². The van der Waals surface area contributed by atoms with Crippen molar-refractivity contribution in [2.75, 3.05) is 18.0 Å². The van der Waals surface area contributed by atoms with Crippen LogP contribution in [0.5, 0.6) is 0 Å². The minimum absolute atomic E-state index is 0.0988. The first-order valence-electron chi connectivity index (χ1n) is 26.6. The number of nitrogens with zero attached hydrogens (tertiary/aromatic N) is 1. The van der Waals surface area contributed by atoms with Gasteiger partial charge in [0.25, 0.3) is 0 Å². The number of rotatable bonds is 1. The number of fused-ring (bicyclic) bond motifs is 11. The molecule has 0 radical (unpaired) electrons. The molecular weight excluding hydrogens is 699 g/mol. The Kier molecular flexibility index (Phi) is 4.64. The molecule has 18 aliphatic rings. The van der Waals surface area contributed by atoms with E-state index < -0.39 is 0 Å². The van der Waals surface area contributed by atoms with Crippen molar-refractivity contribution >= 4 is 5.69 Å². The normalized spacial score (nSPS) is 68.6. The lowest BCUT2D eigenvalue weighted by Crippen LogP contribution is -2.59. The molecule has 16 saturated carbocycles. The van der Waals surface area contributed by atoms with E-state index in [1.807, 2.05) is 0 Å². The van der Waals surface area contributed by atoms with Crippen LogP contribution in [0.2, 0.25) is 0 Å². The molecule has 2 aromatic rings. The lowest BCUT2D eigenvalue weighted by Gasteiger charge is -2.62. The number of hydrogen-bond acceptors (Lipinski definition) is 1. The Balaban J connectivity index is 0.811. The van der Waals surface area contributed by atoms with Crippen molar-refractivity contribution in [3.63, 3.8) is 0 Å². The van der Waals surface area contributed by atoms with Gasteiger partial charge in [-0.1, -0.05) is 44.2 Å². The summed E-state index contributed by atoms with van der Waals surface area (Å²) in [6, 6.07) is 17.3. The van der Waals surface area contributed by atoms with Crippen molar-refractivity contribution < 1.29 is 0 Å². The fraction of sp³-hybridized carbons (Fsp3) is 0.789. The van der Waals surface area contributed by atoms with E-state index in [2.05, 4.69) is 61.2 Å². The maximum absolute atomic E-state index is 3.08. The Morgan fingerprint density at radius 3 is 1.16 bits per heavy atom. The Morgan fingerprint density at radius 1 is 0.345 bits per heavy atom. The zero-order valence-electron chi connectivity index (χ0n) is 35.0. The average Bonchev–Trinajstić information content (AvgIpc) is 4.12. The van der Waals surface area contributed by atoms with E-state index in [4.69, 9.17) is 0 Å². The second-order valence-corrected chi connectivity index (χ2v) is 27.5. The van der Waals surface area contributed by atoms with Crippen LogP contribution in [0.25, 0.3) is 11.1 Å². The standard InChI is InChI=1S/C57H65N/c1-57(2)33-6-4-3-5-21(33)22-8-7-20(17-34(22)57)58-18-31-32(19-58)36-30-16-14-28-26-12-10-24-23-9-11-25-27-13-15-29-35(31)45-46(36)51-44(30)42(28)49-40(26)38(24)47-37(23)39(25)48-41(27)43(29)50(45)55-53(48)52(47)54(49)56(51)55/h3-8,17,23-32,35-56H,9-16,18-19H2,1-2H3. The lowest BCUT2D eigenvalue weighted by molar-refractivity contribution is -0.153. The van der Waals surface area contributed by atoms with E-state index in [-0.39, 0.29) is 5.41 Å². The highest BCUT2D eigenvalue weighted by Gasteiger charge is 2.89. The highest BCUT2D eigenvalue weighted by Crippen LogP contribution is 2.93. The maximum atomic E-state index is 3.08. The molecule has 2 aromatic carbocycles. The molecule has 298 valence electrons. The SMILES string of the molecule is CC1(C)c2ccccc2-c2ccc(N3CC4C(C3)C3C5CCC6C7CCC8C9CCC%10C%11CCC%12C4C4C3C3C5C6C5C7C8C6C9C%10C7C%11C%12C4C4C7C6C5C34)cc21. The Hall–Kier alpha value is -1.76. The van der Waals surface area contributed by atoms with Gasteiger partial charge in [-0.3, -0.25) is 0 Å². The maximum Gasteiger partial charge on any atom is 0.0369 e. The van der Waals surface area contributed by atoms with Crippen molar-refractivity contribution in [3.8, 4) is 11.1 Å². The second-order valence-electron chi connectivity index (χ2n) is 27.5. The van der Waals surface area contributed by atoms with Crippen LogP contribution in [0.4, 0.5) is 5.69 Å². The molecule has 17 fully saturated rings. The molecule has 1 nitrogen and oxygen atoms in total. The molecule has 1 heteroatoms. The van der Waals surface area contributed by atoms with Gasteiger partial charge in [0.05, 0.1) is 0 Å². The second kappa shape index (κ2) is 8.89. The molecule has 1 aliphatic heterocycles. The molecule has 0 amide bonds. The molecule has 1 saturated heterocycles. The van der Waals surface area contributed by atoms with E-state index in [0.29, 0.717) is 0 Å². The largest absolute Gasteiger partial charge is 0.371 e. The van der Waals surface area contributed by atoms with Crippen LogP contribution in [0.1, 0.15) is 76.3 Å². The van der Waals surface area contributed by atoms with E-state index in [0.717, 1.165) is 47.3 Å². The van der Waals surface area contributed by atoms with Gasteiger partial charge in [0.2, 0.25) is 0 Å². The molecule has 0 bridgehead atoms. The first-order valence-corrected chi connectivity index (χ1v) is 26.6. The van der Waals surface area contributed by atoms with Gasteiger partial charge in [-0.15, -0.1) is 0 Å². The van der Waals surface area contributed by atoms with E-state index in [1.165, 1.54) is 166 Å². The molecule has 30 unspecified atom stereocenters. The summed E-state index contributed by atoms with van der Waals surface area (Å²) in [6.45, 7) is 7.87. The van der Waals surface area contributed by atoms with Gasteiger partial charge in [-0.05, 0) is 275 Å². The fourth-order valence-corrected chi connectivity index (χ4v) is 29.4. The quantitative estimate of drug-likeness (QED) is 0.280. The van der Waals surface area contributed by atoms with Gasteiger partial charge in [0.1, 0.15) is 0 Å². The minimum Gasteiger partial charge on any atom is -0.371 e. The molecule has 0 aromatic heterocycles. The van der Waals surface area contributed by atoms with Crippen LogP contribution in [0.3, 0.4) is 0 Å². The highest BCUT2D eigenvalue weighted by atomic mass is 15.2. The Bertz CT molecular complexity index is 2230. The predicted molar refractivity (Wildman–Crippen MR) is 225 cm³/mol. The average molecular weight is 764 g/mol. The van der Waals surface area contributed by atoms with Gasteiger partial charge < -0.3 is 4.90 Å². The third kappa shape index (κ3) is 2.62. The van der Waals surface area contributed by atoms with Gasteiger partial charge in [-0.25, -0.2) is 0 Å². The zero-order valence-corrected chi connectivity index (χ0v) is 35.0.